The topological polar surface area (TPSA) is 78.0 Å². The highest BCUT2D eigenvalue weighted by Crippen LogP contribution is 2.36. The third-order valence-electron chi connectivity index (χ3n) is 4.62. The normalized spacial score (nSPS) is 13.0. The molecule has 8 heteroatoms. The molecule has 0 amide bonds. The number of aryl methyl sites for hydroxylation is 2. The number of rotatable bonds is 6. The van der Waals surface area contributed by atoms with Crippen LogP contribution in [0.1, 0.15) is 22.4 Å². The van der Waals surface area contributed by atoms with Crippen LogP contribution in [0.5, 0.6) is 0 Å². The van der Waals surface area contributed by atoms with Gasteiger partial charge in [-0.05, 0) is 30.4 Å². The van der Waals surface area contributed by atoms with E-state index < -0.39 is 4.92 Å². The van der Waals surface area contributed by atoms with Gasteiger partial charge in [-0.1, -0.05) is 30.0 Å². The second kappa shape index (κ2) is 7.28. The molecule has 6 nitrogen and oxygen atoms in total. The molecule has 0 bridgehead atoms. The third-order valence-corrected chi connectivity index (χ3v) is 6.85. The van der Waals surface area contributed by atoms with Gasteiger partial charge in [0.2, 0.25) is 0 Å². The van der Waals surface area contributed by atoms with E-state index in [1.165, 1.54) is 34.3 Å². The zero-order chi connectivity index (χ0) is 19.0. The van der Waals surface area contributed by atoms with Crippen LogP contribution in [0.3, 0.4) is 0 Å². The molecule has 138 valence electrons. The van der Waals surface area contributed by atoms with Gasteiger partial charge in [0.25, 0.3) is 11.2 Å². The molecule has 1 aliphatic carbocycles. The van der Waals surface area contributed by atoms with Crippen LogP contribution in [0, 0.1) is 10.1 Å². The number of nitro groups is 1. The van der Waals surface area contributed by atoms with E-state index in [4.69, 9.17) is 4.98 Å². The summed E-state index contributed by atoms with van der Waals surface area (Å²) in [5.41, 5.74) is 2.20. The van der Waals surface area contributed by atoms with Gasteiger partial charge in [-0.15, -0.1) is 17.9 Å². The van der Waals surface area contributed by atoms with E-state index in [9.17, 15) is 14.9 Å². The molecular formula is C19H17N3O3S2. The van der Waals surface area contributed by atoms with Crippen molar-refractivity contribution in [3.05, 3.63) is 73.4 Å². The number of thiophene rings is 1. The van der Waals surface area contributed by atoms with Crippen LogP contribution in [-0.4, -0.2) is 14.5 Å². The summed E-state index contributed by atoms with van der Waals surface area (Å²) in [4.78, 5) is 30.3. The molecule has 3 aromatic rings. The molecule has 27 heavy (non-hydrogen) atoms. The van der Waals surface area contributed by atoms with E-state index >= 15 is 0 Å². The Morgan fingerprint density at radius 2 is 2.11 bits per heavy atom. The Bertz CT molecular complexity index is 1100. The molecule has 0 N–H and O–H groups in total. The van der Waals surface area contributed by atoms with Crippen LogP contribution >= 0.6 is 23.1 Å². The fourth-order valence-corrected chi connectivity index (χ4v) is 5.59. The first kappa shape index (κ1) is 17.9. The number of nitro benzene ring substituents is 1. The number of hydrogen-bond donors (Lipinski definition) is 0. The van der Waals surface area contributed by atoms with Gasteiger partial charge in [-0.25, -0.2) is 4.98 Å². The van der Waals surface area contributed by atoms with Crippen molar-refractivity contribution in [2.45, 2.75) is 36.7 Å². The Morgan fingerprint density at radius 1 is 1.33 bits per heavy atom. The number of aromatic nitrogens is 2. The van der Waals surface area contributed by atoms with E-state index in [2.05, 4.69) is 6.58 Å². The highest BCUT2D eigenvalue weighted by molar-refractivity contribution is 7.98. The van der Waals surface area contributed by atoms with Crippen LogP contribution in [0.4, 0.5) is 5.69 Å². The lowest BCUT2D eigenvalue weighted by Gasteiger charge is -2.10. The summed E-state index contributed by atoms with van der Waals surface area (Å²) < 4.78 is 1.68. The summed E-state index contributed by atoms with van der Waals surface area (Å²) >= 11 is 3.09. The predicted molar refractivity (Wildman–Crippen MR) is 109 cm³/mol. The Hall–Kier alpha value is -2.45. The average Bonchev–Trinajstić information content (AvgIpc) is 3.23. The number of non-ortho nitro benzene ring substituents is 1. The maximum atomic E-state index is 13.1. The Labute approximate surface area is 163 Å². The van der Waals surface area contributed by atoms with E-state index in [0.717, 1.165) is 35.0 Å². The molecule has 1 aromatic carbocycles. The van der Waals surface area contributed by atoms with Crippen molar-refractivity contribution >= 4 is 39.0 Å². The van der Waals surface area contributed by atoms with Crippen LogP contribution < -0.4 is 5.56 Å². The lowest BCUT2D eigenvalue weighted by atomic mass is 10.2. The molecule has 0 spiro atoms. The highest BCUT2D eigenvalue weighted by atomic mass is 32.2. The minimum atomic E-state index is -0.413. The van der Waals surface area contributed by atoms with Crippen molar-refractivity contribution in [1.29, 1.82) is 0 Å². The highest BCUT2D eigenvalue weighted by Gasteiger charge is 2.23. The first-order valence-corrected chi connectivity index (χ1v) is 10.4. The third kappa shape index (κ3) is 3.30. The molecule has 0 fully saturated rings. The number of thioether (sulfide) groups is 1. The number of benzene rings is 1. The van der Waals surface area contributed by atoms with Crippen LogP contribution in [-0.2, 0) is 25.1 Å². The number of fused-ring (bicyclic) bond motifs is 3. The minimum absolute atomic E-state index is 0.00509. The lowest BCUT2D eigenvalue weighted by Crippen LogP contribution is -2.22. The van der Waals surface area contributed by atoms with Crippen LogP contribution in [0.25, 0.3) is 10.2 Å². The SMILES string of the molecule is C=CCn1c(SCc2ccc([N+](=O)[O-])cc2)nc2sc3c(c2c1=O)CCC3. The predicted octanol–water partition coefficient (Wildman–Crippen LogP) is 4.33. The lowest BCUT2D eigenvalue weighted by molar-refractivity contribution is -0.384. The van der Waals surface area contributed by atoms with Crippen LogP contribution in [0.2, 0.25) is 0 Å². The molecule has 0 radical (unpaired) electrons. The van der Waals surface area contributed by atoms with Gasteiger partial charge in [0, 0.05) is 29.3 Å². The molecule has 0 unspecified atom stereocenters. The van der Waals surface area contributed by atoms with Gasteiger partial charge in [-0.2, -0.15) is 0 Å². The van der Waals surface area contributed by atoms with Crippen LogP contribution in [0.15, 0.2) is 46.9 Å². The Balaban J connectivity index is 1.68. The maximum absolute atomic E-state index is 13.1. The van der Waals surface area contributed by atoms with Gasteiger partial charge in [0.05, 0.1) is 10.3 Å². The monoisotopic (exact) mass is 399 g/mol. The van der Waals surface area contributed by atoms with Crippen molar-refractivity contribution in [2.75, 3.05) is 0 Å². The minimum Gasteiger partial charge on any atom is -0.283 e. The smallest absolute Gasteiger partial charge is 0.269 e. The van der Waals surface area contributed by atoms with E-state index in [1.54, 1.807) is 34.1 Å². The summed E-state index contributed by atoms with van der Waals surface area (Å²) in [6, 6.07) is 6.46. The van der Waals surface area contributed by atoms with Crippen molar-refractivity contribution in [3.8, 4) is 0 Å². The zero-order valence-corrected chi connectivity index (χ0v) is 16.1. The van der Waals surface area contributed by atoms with E-state index in [0.29, 0.717) is 17.5 Å². The fourth-order valence-electron chi connectivity index (χ4n) is 3.32. The molecule has 1 aliphatic rings. The maximum Gasteiger partial charge on any atom is 0.269 e. The van der Waals surface area contributed by atoms with Gasteiger partial charge >= 0.3 is 0 Å². The first-order chi connectivity index (χ1) is 13.1. The van der Waals surface area contributed by atoms with Crippen molar-refractivity contribution in [2.24, 2.45) is 0 Å². The number of hydrogen-bond acceptors (Lipinski definition) is 6. The summed E-state index contributed by atoms with van der Waals surface area (Å²) in [6.45, 7) is 4.18. The molecule has 2 aromatic heterocycles. The second-order valence-corrected chi connectivity index (χ2v) is 8.37. The molecule has 2 heterocycles. The second-order valence-electron chi connectivity index (χ2n) is 6.35. The summed E-state index contributed by atoms with van der Waals surface area (Å²) in [5.74, 6) is 0.582. The molecule has 0 saturated heterocycles. The standard InChI is InChI=1S/C19H17N3O3S2/c1-2-10-21-18(23)16-14-4-3-5-15(14)27-17(16)20-19(21)26-11-12-6-8-13(9-7-12)22(24)25/h2,6-9H,1,3-5,10-11H2. The van der Waals surface area contributed by atoms with Gasteiger partial charge < -0.3 is 0 Å². The average molecular weight is 399 g/mol. The number of nitrogens with zero attached hydrogens (tertiary/aromatic N) is 3. The van der Waals surface area contributed by atoms with E-state index in [-0.39, 0.29) is 11.2 Å². The summed E-state index contributed by atoms with van der Waals surface area (Å²) in [5, 5.41) is 12.2. The summed E-state index contributed by atoms with van der Waals surface area (Å²) in [6.07, 6.45) is 4.80. The quantitative estimate of drug-likeness (QED) is 0.203. The molecule has 0 atom stereocenters. The molecule has 0 saturated carbocycles. The zero-order valence-electron chi connectivity index (χ0n) is 14.5. The molecule has 0 aliphatic heterocycles. The largest absolute Gasteiger partial charge is 0.283 e. The van der Waals surface area contributed by atoms with Gasteiger partial charge in [0.1, 0.15) is 4.83 Å². The van der Waals surface area contributed by atoms with Gasteiger partial charge in [-0.3, -0.25) is 19.5 Å². The van der Waals surface area contributed by atoms with Crippen molar-refractivity contribution < 1.29 is 4.92 Å². The van der Waals surface area contributed by atoms with Crippen molar-refractivity contribution in [1.82, 2.24) is 9.55 Å². The fraction of sp³-hybridized carbons (Fsp3) is 0.263. The van der Waals surface area contributed by atoms with Crippen molar-refractivity contribution in [3.63, 3.8) is 0 Å². The van der Waals surface area contributed by atoms with E-state index in [1.807, 2.05) is 0 Å². The molecular weight excluding hydrogens is 382 g/mol. The Kier molecular flexibility index (Phi) is 4.84. The van der Waals surface area contributed by atoms with Gasteiger partial charge in [0.15, 0.2) is 5.16 Å². The Morgan fingerprint density at radius 3 is 2.81 bits per heavy atom. The summed E-state index contributed by atoms with van der Waals surface area (Å²) in [7, 11) is 0. The molecule has 4 rings (SSSR count). The number of allylic oxidation sites excluding steroid dienone is 1. The first-order valence-electron chi connectivity index (χ1n) is 8.60.